The molecule has 3 rings (SSSR count). The molecule has 0 spiro atoms. The van der Waals surface area contributed by atoms with Crippen molar-refractivity contribution in [3.05, 3.63) is 48.4 Å². The highest BCUT2D eigenvalue weighted by Crippen LogP contribution is 2.27. The average molecular weight is 329 g/mol. The van der Waals surface area contributed by atoms with Crippen molar-refractivity contribution in [1.82, 2.24) is 14.9 Å². The van der Waals surface area contributed by atoms with E-state index in [0.29, 0.717) is 6.54 Å². The predicted molar refractivity (Wildman–Crippen MR) is 91.3 cm³/mol. The Morgan fingerprint density at radius 3 is 2.91 bits per heavy atom. The van der Waals surface area contributed by atoms with Gasteiger partial charge in [0.25, 0.3) is 0 Å². The number of thioether (sulfide) groups is 1. The third kappa shape index (κ3) is 3.42. The second-order valence-corrected chi connectivity index (χ2v) is 6.49. The number of aryl methyl sites for hydroxylation is 1. The smallest absolute Gasteiger partial charge is 0.233 e. The Bertz CT molecular complexity index is 795. The molecule has 6 heteroatoms. The van der Waals surface area contributed by atoms with Crippen LogP contribution in [0.25, 0.3) is 11.0 Å². The SMILES string of the molecule is CCn1c(SC(C)C(=O)NCc2ccco2)nc2ccccc21. The Labute approximate surface area is 139 Å². The fraction of sp³-hybridized carbons (Fsp3) is 0.294. The molecule has 1 aromatic carbocycles. The van der Waals surface area contributed by atoms with Crippen LogP contribution < -0.4 is 5.32 Å². The first kappa shape index (κ1) is 15.7. The normalized spacial score (nSPS) is 12.4. The summed E-state index contributed by atoms with van der Waals surface area (Å²) in [6.07, 6.45) is 1.60. The van der Waals surface area contributed by atoms with Crippen LogP contribution in [0.2, 0.25) is 0 Å². The lowest BCUT2D eigenvalue weighted by Gasteiger charge is -2.12. The lowest BCUT2D eigenvalue weighted by Crippen LogP contribution is -2.30. The molecule has 0 aliphatic heterocycles. The van der Waals surface area contributed by atoms with Crippen LogP contribution in [0.1, 0.15) is 19.6 Å². The molecule has 0 radical (unpaired) electrons. The second kappa shape index (κ2) is 6.91. The van der Waals surface area contributed by atoms with Crippen molar-refractivity contribution < 1.29 is 9.21 Å². The van der Waals surface area contributed by atoms with Gasteiger partial charge in [-0.3, -0.25) is 4.79 Å². The van der Waals surface area contributed by atoms with Crippen molar-refractivity contribution in [2.45, 2.75) is 37.3 Å². The van der Waals surface area contributed by atoms with Gasteiger partial charge in [0.15, 0.2) is 5.16 Å². The van der Waals surface area contributed by atoms with Gasteiger partial charge in [-0.1, -0.05) is 23.9 Å². The van der Waals surface area contributed by atoms with Crippen molar-refractivity contribution in [3.8, 4) is 0 Å². The number of fused-ring (bicyclic) bond motifs is 1. The standard InChI is InChI=1S/C17H19N3O2S/c1-3-20-15-9-5-4-8-14(15)19-17(20)23-12(2)16(21)18-11-13-7-6-10-22-13/h4-10,12H,3,11H2,1-2H3,(H,18,21). The first-order valence-corrected chi connectivity index (χ1v) is 8.49. The fourth-order valence-corrected chi connectivity index (χ4v) is 3.40. The van der Waals surface area contributed by atoms with E-state index < -0.39 is 0 Å². The quantitative estimate of drug-likeness (QED) is 0.704. The zero-order valence-corrected chi connectivity index (χ0v) is 14.0. The van der Waals surface area contributed by atoms with Crippen molar-refractivity contribution in [1.29, 1.82) is 0 Å². The van der Waals surface area contributed by atoms with E-state index >= 15 is 0 Å². The van der Waals surface area contributed by atoms with E-state index in [2.05, 4.69) is 27.9 Å². The molecule has 3 aromatic rings. The Hall–Kier alpha value is -2.21. The molecule has 2 aromatic heterocycles. The van der Waals surface area contributed by atoms with Crippen molar-refractivity contribution in [2.24, 2.45) is 0 Å². The zero-order valence-electron chi connectivity index (χ0n) is 13.2. The van der Waals surface area contributed by atoms with Crippen LogP contribution in [-0.4, -0.2) is 20.7 Å². The molecule has 1 N–H and O–H groups in total. The summed E-state index contributed by atoms with van der Waals surface area (Å²) in [6.45, 7) is 5.20. The van der Waals surface area contributed by atoms with Crippen LogP contribution in [0.15, 0.2) is 52.2 Å². The molecule has 0 bridgehead atoms. The first-order chi connectivity index (χ1) is 11.2. The number of furan rings is 1. The molecular formula is C17H19N3O2S. The summed E-state index contributed by atoms with van der Waals surface area (Å²) in [5.41, 5.74) is 2.06. The molecule has 1 unspecified atom stereocenters. The highest BCUT2D eigenvalue weighted by Gasteiger charge is 2.18. The predicted octanol–water partition coefficient (Wildman–Crippen LogP) is 3.45. The topological polar surface area (TPSA) is 60.1 Å². The highest BCUT2D eigenvalue weighted by atomic mass is 32.2. The number of carbonyl (C=O) groups excluding carboxylic acids is 1. The summed E-state index contributed by atoms with van der Waals surface area (Å²) < 4.78 is 7.36. The summed E-state index contributed by atoms with van der Waals surface area (Å²) >= 11 is 1.48. The van der Waals surface area contributed by atoms with E-state index in [4.69, 9.17) is 4.42 Å². The van der Waals surface area contributed by atoms with Gasteiger partial charge in [0.2, 0.25) is 5.91 Å². The fourth-order valence-electron chi connectivity index (χ4n) is 2.39. The second-order valence-electron chi connectivity index (χ2n) is 5.18. The van der Waals surface area contributed by atoms with Gasteiger partial charge in [0.05, 0.1) is 29.1 Å². The number of rotatable bonds is 6. The maximum absolute atomic E-state index is 12.2. The third-order valence-corrected chi connectivity index (χ3v) is 4.69. The maximum Gasteiger partial charge on any atom is 0.233 e. The number of aromatic nitrogens is 2. The van der Waals surface area contributed by atoms with E-state index in [-0.39, 0.29) is 11.2 Å². The minimum atomic E-state index is -0.230. The van der Waals surface area contributed by atoms with Gasteiger partial charge in [0.1, 0.15) is 5.76 Å². The molecule has 0 aliphatic carbocycles. The molecule has 0 saturated carbocycles. The van der Waals surface area contributed by atoms with Gasteiger partial charge in [-0.15, -0.1) is 0 Å². The van der Waals surface area contributed by atoms with Crippen LogP contribution in [-0.2, 0) is 17.9 Å². The summed E-state index contributed by atoms with van der Waals surface area (Å²) in [5.74, 6) is 0.720. The molecule has 1 amide bonds. The average Bonchev–Trinajstić information content (AvgIpc) is 3.19. The number of para-hydroxylation sites is 2. The van der Waals surface area contributed by atoms with E-state index in [1.54, 1.807) is 6.26 Å². The Morgan fingerprint density at radius 2 is 2.17 bits per heavy atom. The summed E-state index contributed by atoms with van der Waals surface area (Å²) in [5, 5.41) is 3.53. The number of hydrogen-bond donors (Lipinski definition) is 1. The molecule has 120 valence electrons. The number of benzene rings is 1. The first-order valence-electron chi connectivity index (χ1n) is 7.61. The Morgan fingerprint density at radius 1 is 1.35 bits per heavy atom. The molecule has 0 aliphatic rings. The molecule has 23 heavy (non-hydrogen) atoms. The molecule has 0 fully saturated rings. The number of nitrogens with one attached hydrogen (secondary N) is 1. The lowest BCUT2D eigenvalue weighted by atomic mass is 10.3. The van der Waals surface area contributed by atoms with E-state index in [1.807, 2.05) is 37.3 Å². The van der Waals surface area contributed by atoms with Crippen molar-refractivity contribution in [3.63, 3.8) is 0 Å². The van der Waals surface area contributed by atoms with Crippen molar-refractivity contribution in [2.75, 3.05) is 0 Å². The molecule has 2 heterocycles. The van der Waals surface area contributed by atoms with Crippen LogP contribution >= 0.6 is 11.8 Å². The van der Waals surface area contributed by atoms with Gasteiger partial charge in [-0.25, -0.2) is 4.98 Å². The van der Waals surface area contributed by atoms with Crippen molar-refractivity contribution >= 4 is 28.7 Å². The van der Waals surface area contributed by atoms with E-state index in [9.17, 15) is 4.79 Å². The number of imidazole rings is 1. The van der Waals surface area contributed by atoms with Gasteiger partial charge in [-0.05, 0) is 38.1 Å². The highest BCUT2D eigenvalue weighted by molar-refractivity contribution is 8.00. The molecule has 5 nitrogen and oxygen atoms in total. The maximum atomic E-state index is 12.2. The summed E-state index contributed by atoms with van der Waals surface area (Å²) in [7, 11) is 0. The number of amides is 1. The minimum absolute atomic E-state index is 0.0268. The molecular weight excluding hydrogens is 310 g/mol. The summed E-state index contributed by atoms with van der Waals surface area (Å²) in [6, 6.07) is 11.7. The number of nitrogens with zero attached hydrogens (tertiary/aromatic N) is 2. The minimum Gasteiger partial charge on any atom is -0.467 e. The van der Waals surface area contributed by atoms with Crippen LogP contribution in [0.3, 0.4) is 0 Å². The van der Waals surface area contributed by atoms with Gasteiger partial charge < -0.3 is 14.3 Å². The van der Waals surface area contributed by atoms with Crippen LogP contribution in [0.4, 0.5) is 0 Å². The molecule has 0 saturated heterocycles. The Balaban J connectivity index is 1.69. The van der Waals surface area contributed by atoms with Crippen LogP contribution in [0, 0.1) is 0 Å². The van der Waals surface area contributed by atoms with Gasteiger partial charge >= 0.3 is 0 Å². The summed E-state index contributed by atoms with van der Waals surface area (Å²) in [4.78, 5) is 16.9. The largest absolute Gasteiger partial charge is 0.467 e. The van der Waals surface area contributed by atoms with Crippen LogP contribution in [0.5, 0.6) is 0 Å². The zero-order chi connectivity index (χ0) is 16.2. The Kier molecular flexibility index (Phi) is 4.71. The van der Waals surface area contributed by atoms with Gasteiger partial charge in [-0.2, -0.15) is 0 Å². The lowest BCUT2D eigenvalue weighted by molar-refractivity contribution is -0.120. The molecule has 1 atom stereocenters. The van der Waals surface area contributed by atoms with Gasteiger partial charge in [0, 0.05) is 6.54 Å². The monoisotopic (exact) mass is 329 g/mol. The number of carbonyl (C=O) groups is 1. The van der Waals surface area contributed by atoms with E-state index in [0.717, 1.165) is 28.5 Å². The van der Waals surface area contributed by atoms with E-state index in [1.165, 1.54) is 11.8 Å². The number of hydrogen-bond acceptors (Lipinski definition) is 4. The third-order valence-electron chi connectivity index (χ3n) is 3.60.